The molecule has 0 bridgehead atoms. The average molecular weight is 779 g/mol. The number of pyridine rings is 2. The van der Waals surface area contributed by atoms with Crippen molar-refractivity contribution in [3.05, 3.63) is 60.7 Å². The first-order chi connectivity index (χ1) is 26.8. The topological polar surface area (TPSA) is 201 Å². The maximum absolute atomic E-state index is 11.9. The second-order valence-electron chi connectivity index (χ2n) is 14.7. The summed E-state index contributed by atoms with van der Waals surface area (Å²) in [6.07, 6.45) is 14.5. The van der Waals surface area contributed by atoms with Crippen LogP contribution < -0.4 is 15.1 Å². The smallest absolute Gasteiger partial charge is 0.211 e. The predicted octanol–water partition coefficient (Wildman–Crippen LogP) is 3.09. The molecule has 292 valence electrons. The summed E-state index contributed by atoms with van der Waals surface area (Å²) in [4.78, 5) is 21.6. The molecule has 0 aromatic carbocycles. The maximum atomic E-state index is 11.9. The minimum absolute atomic E-state index is 0.187. The lowest BCUT2D eigenvalue weighted by Crippen LogP contribution is -2.63. The monoisotopic (exact) mass is 778 g/mol. The van der Waals surface area contributed by atoms with Crippen molar-refractivity contribution in [3.8, 4) is 12.1 Å². The van der Waals surface area contributed by atoms with Crippen LogP contribution in [0.5, 0.6) is 0 Å². The van der Waals surface area contributed by atoms with E-state index in [2.05, 4.69) is 50.5 Å². The van der Waals surface area contributed by atoms with Crippen molar-refractivity contribution in [2.24, 2.45) is 14.1 Å². The van der Waals surface area contributed by atoms with Crippen molar-refractivity contribution in [1.29, 1.82) is 10.5 Å². The quantitative estimate of drug-likeness (QED) is 0.201. The van der Waals surface area contributed by atoms with Gasteiger partial charge in [0.15, 0.2) is 11.6 Å². The zero-order valence-electron chi connectivity index (χ0n) is 32.7. The number of nitriles is 2. The molecule has 0 amide bonds. The molecule has 8 heterocycles. The summed E-state index contributed by atoms with van der Waals surface area (Å²) < 4.78 is 32.8. The molecule has 2 aliphatic heterocycles. The molecule has 6 aromatic rings. The van der Waals surface area contributed by atoms with Gasteiger partial charge in [0.1, 0.15) is 33.7 Å². The third kappa shape index (κ3) is 6.71. The number of nitrogens with one attached hydrogen (secondary N) is 1. The first kappa shape index (κ1) is 38.4. The lowest BCUT2D eigenvalue weighted by molar-refractivity contribution is 0.0725. The Morgan fingerprint density at radius 2 is 1.21 bits per heavy atom. The van der Waals surface area contributed by atoms with Gasteiger partial charge in [0.25, 0.3) is 0 Å². The molecule has 0 unspecified atom stereocenters. The number of hydrogen-bond donors (Lipinski definition) is 1. The molecule has 1 N–H and O–H groups in total. The lowest BCUT2D eigenvalue weighted by atomic mass is 9.89. The Morgan fingerprint density at radius 1 is 0.768 bits per heavy atom. The summed E-state index contributed by atoms with van der Waals surface area (Å²) in [6, 6.07) is 8.48. The molecule has 19 heteroatoms. The highest BCUT2D eigenvalue weighted by molar-refractivity contribution is 7.88. The molecule has 0 radical (unpaired) electrons. The Labute approximate surface area is 325 Å². The number of anilines is 4. The maximum Gasteiger partial charge on any atom is 0.211 e. The van der Waals surface area contributed by atoms with Crippen LogP contribution in [0.2, 0.25) is 0 Å². The van der Waals surface area contributed by atoms with Crippen molar-refractivity contribution in [3.63, 3.8) is 0 Å². The fraction of sp³-hybridized carbons (Fsp3) is 0.459. The van der Waals surface area contributed by atoms with Gasteiger partial charge in [-0.2, -0.15) is 25.0 Å². The van der Waals surface area contributed by atoms with Crippen LogP contribution in [0.25, 0.3) is 22.1 Å². The molecule has 0 aliphatic carbocycles. The standard InChI is InChI=1S/C19H24N8O2S.C18H22N8/c1-5-14-10-27(19(6-7-20)11-26(12-19)30(4,28)29)23-18(14)25(3)17-8-16-15(9-21-17)22-13-24(16)2;1-4-13-9-26(18(5-6-19)10-20-11-18)23-17(13)25(3)16-7-15-14(8-21-16)22-12-24(15)2/h8-10,13H,5-6,11-12H2,1-4H3;7-9,12,20H,4-5,10-11H2,1-3H3. The summed E-state index contributed by atoms with van der Waals surface area (Å²) in [5.74, 6) is 3.17. The van der Waals surface area contributed by atoms with Crippen LogP contribution in [0.3, 0.4) is 0 Å². The van der Waals surface area contributed by atoms with Gasteiger partial charge in [-0.05, 0) is 12.8 Å². The van der Waals surface area contributed by atoms with Crippen molar-refractivity contribution < 1.29 is 8.42 Å². The van der Waals surface area contributed by atoms with E-state index in [9.17, 15) is 18.9 Å². The lowest BCUT2D eigenvalue weighted by Gasteiger charge is -2.47. The van der Waals surface area contributed by atoms with Gasteiger partial charge in [-0.3, -0.25) is 9.36 Å². The van der Waals surface area contributed by atoms with E-state index in [4.69, 9.17) is 10.2 Å². The van der Waals surface area contributed by atoms with Gasteiger partial charge in [0.2, 0.25) is 10.0 Å². The van der Waals surface area contributed by atoms with Crippen LogP contribution in [0.4, 0.5) is 23.3 Å². The summed E-state index contributed by atoms with van der Waals surface area (Å²) in [5.41, 5.74) is 4.94. The van der Waals surface area contributed by atoms with Gasteiger partial charge in [0, 0.05) is 90.0 Å². The van der Waals surface area contributed by atoms with Crippen molar-refractivity contribution in [2.45, 2.75) is 50.6 Å². The Hall–Kier alpha value is -5.89. The molecule has 2 saturated heterocycles. The Bertz CT molecular complexity index is 2590. The molecule has 56 heavy (non-hydrogen) atoms. The second kappa shape index (κ2) is 14.6. The number of aromatic nitrogens is 10. The third-order valence-corrected chi connectivity index (χ3v) is 12.1. The van der Waals surface area contributed by atoms with Crippen molar-refractivity contribution >= 4 is 55.4 Å². The predicted molar refractivity (Wildman–Crippen MR) is 212 cm³/mol. The normalized spacial score (nSPS) is 16.0. The first-order valence-corrected chi connectivity index (χ1v) is 20.2. The van der Waals surface area contributed by atoms with E-state index >= 15 is 0 Å². The fourth-order valence-electron chi connectivity index (χ4n) is 7.23. The van der Waals surface area contributed by atoms with Crippen LogP contribution >= 0.6 is 0 Å². The number of fused-ring (bicyclic) bond motifs is 2. The number of imidazole rings is 2. The van der Waals surface area contributed by atoms with Gasteiger partial charge in [-0.15, -0.1) is 0 Å². The molecule has 0 spiro atoms. The number of sulfonamides is 1. The zero-order chi connectivity index (χ0) is 40.0. The van der Waals surface area contributed by atoms with E-state index in [0.717, 1.165) is 82.4 Å². The average Bonchev–Trinajstić information content (AvgIpc) is 3.95. The van der Waals surface area contributed by atoms with Crippen LogP contribution in [-0.4, -0.2) is 108 Å². The SMILES string of the molecule is CCc1cn(C2(CC#N)CN(S(C)(=O)=O)C2)nc1N(C)c1cc2c(cn1)ncn2C.CCc1cn(C2(CC#N)CNC2)nc1N(C)c1cc2c(cn1)ncn2C. The number of hydrogen-bond acceptors (Lipinski definition) is 13. The molecular formula is C37H46N16O2S. The second-order valence-corrected chi connectivity index (χ2v) is 16.7. The van der Waals surface area contributed by atoms with E-state index in [0.29, 0.717) is 6.42 Å². The number of nitrogens with zero attached hydrogens (tertiary/aromatic N) is 15. The molecule has 18 nitrogen and oxygen atoms in total. The minimum Gasteiger partial charge on any atom is -0.334 e. The Balaban J connectivity index is 0.000000173. The van der Waals surface area contributed by atoms with Gasteiger partial charge in [-0.25, -0.2) is 28.4 Å². The van der Waals surface area contributed by atoms with Gasteiger partial charge < -0.3 is 24.3 Å². The largest absolute Gasteiger partial charge is 0.334 e. The summed E-state index contributed by atoms with van der Waals surface area (Å²) in [7, 11) is 4.49. The Morgan fingerprint density at radius 3 is 1.61 bits per heavy atom. The fourth-order valence-corrected chi connectivity index (χ4v) is 8.18. The van der Waals surface area contributed by atoms with Crippen LogP contribution in [0.15, 0.2) is 49.6 Å². The van der Waals surface area contributed by atoms with Gasteiger partial charge >= 0.3 is 0 Å². The molecule has 2 fully saturated rings. The van der Waals surface area contributed by atoms with Crippen LogP contribution in [0.1, 0.15) is 37.8 Å². The van der Waals surface area contributed by atoms with Gasteiger partial charge in [-0.1, -0.05) is 13.8 Å². The van der Waals surface area contributed by atoms with E-state index in [-0.39, 0.29) is 25.0 Å². The minimum atomic E-state index is -3.30. The highest BCUT2D eigenvalue weighted by Crippen LogP contribution is 2.37. The highest BCUT2D eigenvalue weighted by Gasteiger charge is 2.49. The zero-order valence-corrected chi connectivity index (χ0v) is 33.5. The molecule has 0 saturated carbocycles. The molecule has 2 aliphatic rings. The molecular weight excluding hydrogens is 733 g/mol. The summed E-state index contributed by atoms with van der Waals surface area (Å²) in [6.45, 7) is 6.18. The van der Waals surface area contributed by atoms with E-state index in [1.165, 1.54) is 10.6 Å². The highest BCUT2D eigenvalue weighted by atomic mass is 32.2. The van der Waals surface area contributed by atoms with Gasteiger partial charge in [0.05, 0.1) is 67.3 Å². The van der Waals surface area contributed by atoms with Crippen LogP contribution in [0, 0.1) is 22.7 Å². The van der Waals surface area contributed by atoms with E-state index in [1.807, 2.05) is 77.1 Å². The molecule has 0 atom stereocenters. The summed E-state index contributed by atoms with van der Waals surface area (Å²) >= 11 is 0. The summed E-state index contributed by atoms with van der Waals surface area (Å²) in [5, 5.41) is 31.5. The van der Waals surface area contributed by atoms with E-state index < -0.39 is 15.6 Å². The van der Waals surface area contributed by atoms with Crippen molar-refractivity contribution in [2.75, 3.05) is 56.3 Å². The third-order valence-electron chi connectivity index (χ3n) is 10.9. The first-order valence-electron chi connectivity index (χ1n) is 18.4. The number of rotatable bonds is 11. The van der Waals surface area contributed by atoms with Crippen molar-refractivity contribution in [1.82, 2.24) is 58.3 Å². The van der Waals surface area contributed by atoms with E-state index in [1.54, 1.807) is 29.7 Å². The van der Waals surface area contributed by atoms with Crippen LogP contribution in [-0.2, 0) is 48.0 Å². The Kier molecular flexibility index (Phi) is 10.0. The molecule has 8 rings (SSSR count). The number of aryl methyl sites for hydroxylation is 4. The molecule has 6 aromatic heterocycles.